The second-order valence-electron chi connectivity index (χ2n) is 4.11. The minimum atomic E-state index is 0. The van der Waals surface area contributed by atoms with E-state index in [1.54, 1.807) is 18.4 Å². The number of halogens is 1. The summed E-state index contributed by atoms with van der Waals surface area (Å²) in [6, 6.07) is 4.13. The Balaban J connectivity index is 0.00000200. The Morgan fingerprint density at radius 2 is 2.10 bits per heavy atom. The molecule has 0 saturated heterocycles. The molecule has 0 aliphatic carbocycles. The first-order chi connectivity index (χ1) is 9.19. The van der Waals surface area contributed by atoms with Gasteiger partial charge in [-0.3, -0.25) is 4.99 Å². The van der Waals surface area contributed by atoms with Crippen molar-refractivity contribution in [1.82, 2.24) is 15.6 Å². The van der Waals surface area contributed by atoms with Gasteiger partial charge in [-0.25, -0.2) is 4.98 Å². The molecule has 2 rings (SSSR count). The van der Waals surface area contributed by atoms with Gasteiger partial charge in [-0.05, 0) is 25.3 Å². The van der Waals surface area contributed by atoms with Crippen LogP contribution in [-0.2, 0) is 13.1 Å². The molecule has 0 amide bonds. The van der Waals surface area contributed by atoms with E-state index < -0.39 is 0 Å². The van der Waals surface area contributed by atoms with Crippen LogP contribution >= 0.6 is 35.3 Å². The number of nitrogens with zero attached hydrogens (tertiary/aromatic N) is 2. The van der Waals surface area contributed by atoms with Crippen molar-refractivity contribution in [3.8, 4) is 0 Å². The highest BCUT2D eigenvalue weighted by atomic mass is 127. The number of rotatable bonds is 4. The van der Waals surface area contributed by atoms with Crippen molar-refractivity contribution in [2.75, 3.05) is 7.05 Å². The van der Waals surface area contributed by atoms with Gasteiger partial charge in [0.2, 0.25) is 5.89 Å². The molecule has 0 aliphatic heterocycles. The quantitative estimate of drug-likeness (QED) is 0.466. The molecule has 0 saturated carbocycles. The van der Waals surface area contributed by atoms with Crippen molar-refractivity contribution < 1.29 is 4.42 Å². The summed E-state index contributed by atoms with van der Waals surface area (Å²) < 4.78 is 5.51. The van der Waals surface area contributed by atoms with E-state index in [-0.39, 0.29) is 24.0 Å². The van der Waals surface area contributed by atoms with Crippen LogP contribution in [0.1, 0.15) is 22.2 Å². The maximum absolute atomic E-state index is 5.51. The lowest BCUT2D eigenvalue weighted by Crippen LogP contribution is -2.36. The van der Waals surface area contributed by atoms with Crippen LogP contribution in [0, 0.1) is 13.8 Å². The Kier molecular flexibility index (Phi) is 7.00. The van der Waals surface area contributed by atoms with Crippen LogP contribution in [0.25, 0.3) is 0 Å². The van der Waals surface area contributed by atoms with Crippen LogP contribution in [0.3, 0.4) is 0 Å². The van der Waals surface area contributed by atoms with E-state index in [4.69, 9.17) is 4.42 Å². The Bertz CT molecular complexity index is 531. The van der Waals surface area contributed by atoms with Crippen LogP contribution in [0.4, 0.5) is 0 Å². The van der Waals surface area contributed by atoms with Crippen molar-refractivity contribution in [2.24, 2.45) is 4.99 Å². The summed E-state index contributed by atoms with van der Waals surface area (Å²) in [7, 11) is 1.75. The summed E-state index contributed by atoms with van der Waals surface area (Å²) in [6.45, 7) is 5.14. The monoisotopic (exact) mass is 406 g/mol. The number of guanidine groups is 1. The van der Waals surface area contributed by atoms with Gasteiger partial charge in [0.15, 0.2) is 5.96 Å². The summed E-state index contributed by atoms with van der Waals surface area (Å²) in [5, 5.41) is 8.48. The summed E-state index contributed by atoms with van der Waals surface area (Å²) in [5.41, 5.74) is 0.929. The molecule has 20 heavy (non-hydrogen) atoms. The maximum atomic E-state index is 5.51. The molecule has 5 nitrogen and oxygen atoms in total. The molecule has 0 fully saturated rings. The van der Waals surface area contributed by atoms with E-state index in [9.17, 15) is 0 Å². The fraction of sp³-hybridized carbons (Fsp3) is 0.385. The zero-order valence-electron chi connectivity index (χ0n) is 11.8. The predicted molar refractivity (Wildman–Crippen MR) is 92.7 cm³/mol. The first-order valence-corrected chi connectivity index (χ1v) is 6.97. The second kappa shape index (κ2) is 8.25. The minimum absolute atomic E-state index is 0. The number of nitrogens with one attached hydrogen (secondary N) is 2. The molecule has 2 heterocycles. The lowest BCUT2D eigenvalue weighted by molar-refractivity contribution is 0.463. The van der Waals surface area contributed by atoms with Crippen molar-refractivity contribution >= 4 is 41.3 Å². The molecule has 0 radical (unpaired) electrons. The molecule has 0 atom stereocenters. The smallest absolute Gasteiger partial charge is 0.214 e. The zero-order chi connectivity index (χ0) is 13.7. The summed E-state index contributed by atoms with van der Waals surface area (Å²) in [5.74, 6) is 2.27. The molecule has 2 aromatic heterocycles. The second-order valence-corrected chi connectivity index (χ2v) is 5.14. The van der Waals surface area contributed by atoms with Crippen molar-refractivity contribution in [3.63, 3.8) is 0 Å². The van der Waals surface area contributed by atoms with Crippen LogP contribution < -0.4 is 10.6 Å². The number of aliphatic imine (C=N–C) groups is 1. The maximum Gasteiger partial charge on any atom is 0.214 e. The summed E-state index contributed by atoms with van der Waals surface area (Å²) >= 11 is 1.72. The number of thiophene rings is 1. The zero-order valence-corrected chi connectivity index (χ0v) is 14.9. The Morgan fingerprint density at radius 3 is 2.65 bits per heavy atom. The van der Waals surface area contributed by atoms with Gasteiger partial charge in [-0.2, -0.15) is 0 Å². The van der Waals surface area contributed by atoms with Gasteiger partial charge in [0, 0.05) is 11.9 Å². The number of aromatic nitrogens is 1. The molecule has 110 valence electrons. The fourth-order valence-corrected chi connectivity index (χ4v) is 2.22. The third-order valence-corrected chi connectivity index (χ3v) is 3.59. The Morgan fingerprint density at radius 1 is 1.35 bits per heavy atom. The van der Waals surface area contributed by atoms with Crippen LogP contribution in [0.5, 0.6) is 0 Å². The molecule has 7 heteroatoms. The fourth-order valence-electron chi connectivity index (χ4n) is 1.58. The largest absolute Gasteiger partial charge is 0.444 e. The molecular weight excluding hydrogens is 387 g/mol. The van der Waals surface area contributed by atoms with Crippen LogP contribution in [-0.4, -0.2) is 18.0 Å². The van der Waals surface area contributed by atoms with E-state index in [1.807, 2.05) is 19.9 Å². The van der Waals surface area contributed by atoms with E-state index in [1.165, 1.54) is 4.88 Å². The Hall–Kier alpha value is -1.09. The predicted octanol–water partition coefficient (Wildman–Crippen LogP) is 2.84. The normalized spacial score (nSPS) is 11.1. The topological polar surface area (TPSA) is 62.5 Å². The summed E-state index contributed by atoms with van der Waals surface area (Å²) in [4.78, 5) is 9.75. The van der Waals surface area contributed by atoms with Crippen molar-refractivity contribution in [1.29, 1.82) is 0 Å². The van der Waals surface area contributed by atoms with Crippen molar-refractivity contribution in [3.05, 3.63) is 39.7 Å². The highest BCUT2D eigenvalue weighted by Gasteiger charge is 2.06. The Labute approximate surface area is 139 Å². The number of hydrogen-bond acceptors (Lipinski definition) is 4. The van der Waals surface area contributed by atoms with Gasteiger partial charge < -0.3 is 15.1 Å². The van der Waals surface area contributed by atoms with Gasteiger partial charge in [0.25, 0.3) is 0 Å². The lowest BCUT2D eigenvalue weighted by atomic mass is 10.4. The van der Waals surface area contributed by atoms with E-state index in [0.29, 0.717) is 12.4 Å². The third-order valence-electron chi connectivity index (χ3n) is 2.71. The van der Waals surface area contributed by atoms with Gasteiger partial charge in [0.1, 0.15) is 5.76 Å². The molecule has 0 aromatic carbocycles. The van der Waals surface area contributed by atoms with Crippen LogP contribution in [0.15, 0.2) is 26.9 Å². The van der Waals surface area contributed by atoms with E-state index >= 15 is 0 Å². The first kappa shape index (κ1) is 17.0. The van der Waals surface area contributed by atoms with Gasteiger partial charge in [-0.15, -0.1) is 35.3 Å². The van der Waals surface area contributed by atoms with E-state index in [0.717, 1.165) is 24.0 Å². The highest BCUT2D eigenvalue weighted by Crippen LogP contribution is 2.08. The van der Waals surface area contributed by atoms with Gasteiger partial charge in [0.05, 0.1) is 18.8 Å². The number of hydrogen-bond donors (Lipinski definition) is 2. The first-order valence-electron chi connectivity index (χ1n) is 6.09. The molecule has 0 spiro atoms. The van der Waals surface area contributed by atoms with E-state index in [2.05, 4.69) is 32.1 Å². The van der Waals surface area contributed by atoms with Gasteiger partial charge >= 0.3 is 0 Å². The molecular formula is C13H19IN4OS. The SMILES string of the molecule is CN=C(NCc1nc(C)c(C)o1)NCc1cccs1.I. The third kappa shape index (κ3) is 4.78. The summed E-state index contributed by atoms with van der Waals surface area (Å²) in [6.07, 6.45) is 0. The van der Waals surface area contributed by atoms with Crippen molar-refractivity contribution in [2.45, 2.75) is 26.9 Å². The molecule has 0 unspecified atom stereocenters. The number of oxazole rings is 1. The average Bonchev–Trinajstić information content (AvgIpc) is 3.01. The van der Waals surface area contributed by atoms with Crippen LogP contribution in [0.2, 0.25) is 0 Å². The molecule has 0 bridgehead atoms. The average molecular weight is 406 g/mol. The minimum Gasteiger partial charge on any atom is -0.444 e. The number of aryl methyl sites for hydroxylation is 2. The standard InChI is InChI=1S/C13H18N4OS.HI/c1-9-10(2)18-12(17-9)8-16-13(14-3)15-7-11-5-4-6-19-11;/h4-6H,7-8H2,1-3H3,(H2,14,15,16);1H. The molecule has 2 N–H and O–H groups in total. The highest BCUT2D eigenvalue weighted by molar-refractivity contribution is 14.0. The van der Waals surface area contributed by atoms with Gasteiger partial charge in [-0.1, -0.05) is 6.07 Å². The lowest BCUT2D eigenvalue weighted by Gasteiger charge is -2.09. The molecule has 0 aliphatic rings. The molecule has 2 aromatic rings.